The van der Waals surface area contributed by atoms with Crippen LogP contribution in [0.5, 0.6) is 0 Å². The van der Waals surface area contributed by atoms with Crippen LogP contribution in [0, 0.1) is 5.92 Å². The van der Waals surface area contributed by atoms with Crippen LogP contribution in [-0.4, -0.2) is 29.1 Å². The first kappa shape index (κ1) is 15.5. The van der Waals surface area contributed by atoms with E-state index in [2.05, 4.69) is 37.9 Å². The molecule has 1 N–H and O–H groups in total. The zero-order valence-corrected chi connectivity index (χ0v) is 12.8. The molecule has 3 heteroatoms. The first-order valence-electron chi connectivity index (χ1n) is 7.53. The van der Waals surface area contributed by atoms with E-state index in [0.717, 1.165) is 38.1 Å². The lowest BCUT2D eigenvalue weighted by atomic mass is 9.99. The summed E-state index contributed by atoms with van der Waals surface area (Å²) in [5.41, 5.74) is -0.336. The Morgan fingerprint density at radius 1 is 1.39 bits per heavy atom. The Morgan fingerprint density at radius 2 is 2.06 bits per heavy atom. The first-order chi connectivity index (χ1) is 8.44. The molecule has 1 amide bonds. The van der Waals surface area contributed by atoms with Gasteiger partial charge in [-0.3, -0.25) is 10.1 Å². The standard InChI is InChI=1S/C15H30N2O/c1-6-9-13-16-15(5,7-2)14(18)17(13)11-8-10-12(3)4/h12-13,16H,6-11H2,1-5H3. The highest BCUT2D eigenvalue weighted by atomic mass is 16.2. The van der Waals surface area contributed by atoms with Crippen molar-refractivity contribution < 1.29 is 4.79 Å². The fourth-order valence-electron chi connectivity index (χ4n) is 2.65. The van der Waals surface area contributed by atoms with Gasteiger partial charge in [0.05, 0.1) is 11.7 Å². The number of nitrogens with one attached hydrogen (secondary N) is 1. The summed E-state index contributed by atoms with van der Waals surface area (Å²) in [5.74, 6) is 1.02. The third-order valence-electron chi connectivity index (χ3n) is 4.04. The maximum atomic E-state index is 12.5. The van der Waals surface area contributed by atoms with E-state index in [-0.39, 0.29) is 11.7 Å². The highest BCUT2D eigenvalue weighted by Crippen LogP contribution is 2.26. The molecular formula is C15H30N2O. The Balaban J connectivity index is 2.63. The first-order valence-corrected chi connectivity index (χ1v) is 7.53. The van der Waals surface area contributed by atoms with E-state index in [1.807, 2.05) is 6.92 Å². The molecular weight excluding hydrogens is 224 g/mol. The van der Waals surface area contributed by atoms with Crippen molar-refractivity contribution in [1.82, 2.24) is 10.2 Å². The van der Waals surface area contributed by atoms with Gasteiger partial charge < -0.3 is 4.90 Å². The highest BCUT2D eigenvalue weighted by Gasteiger charge is 2.45. The van der Waals surface area contributed by atoms with Crippen LogP contribution in [0.15, 0.2) is 0 Å². The lowest BCUT2D eigenvalue weighted by Gasteiger charge is -2.24. The van der Waals surface area contributed by atoms with Gasteiger partial charge in [0, 0.05) is 6.54 Å². The molecule has 1 rings (SSSR count). The Bertz CT molecular complexity index is 278. The van der Waals surface area contributed by atoms with Gasteiger partial charge >= 0.3 is 0 Å². The van der Waals surface area contributed by atoms with Crippen LogP contribution in [0.3, 0.4) is 0 Å². The smallest absolute Gasteiger partial charge is 0.243 e. The van der Waals surface area contributed by atoms with Crippen LogP contribution < -0.4 is 5.32 Å². The average molecular weight is 254 g/mol. The second-order valence-electron chi connectivity index (χ2n) is 6.17. The quantitative estimate of drug-likeness (QED) is 0.757. The van der Waals surface area contributed by atoms with E-state index in [0.29, 0.717) is 5.91 Å². The predicted octanol–water partition coefficient (Wildman–Crippen LogP) is 3.15. The number of carbonyl (C=O) groups is 1. The molecule has 1 heterocycles. The van der Waals surface area contributed by atoms with Gasteiger partial charge in [-0.1, -0.05) is 34.1 Å². The predicted molar refractivity (Wildman–Crippen MR) is 76.3 cm³/mol. The Hall–Kier alpha value is -0.570. The van der Waals surface area contributed by atoms with Crippen LogP contribution >= 0.6 is 0 Å². The Labute approximate surface area is 112 Å². The molecule has 0 aliphatic carbocycles. The van der Waals surface area contributed by atoms with E-state index in [1.165, 1.54) is 6.42 Å². The average Bonchev–Trinajstić information content (AvgIpc) is 2.54. The van der Waals surface area contributed by atoms with E-state index in [1.54, 1.807) is 0 Å². The van der Waals surface area contributed by atoms with E-state index >= 15 is 0 Å². The maximum absolute atomic E-state index is 12.5. The summed E-state index contributed by atoms with van der Waals surface area (Å²) in [7, 11) is 0. The zero-order chi connectivity index (χ0) is 13.8. The van der Waals surface area contributed by atoms with Crippen LogP contribution in [0.4, 0.5) is 0 Å². The molecule has 1 fully saturated rings. The lowest BCUT2D eigenvalue weighted by molar-refractivity contribution is -0.133. The molecule has 2 atom stereocenters. The van der Waals surface area contributed by atoms with Gasteiger partial charge in [0.15, 0.2) is 0 Å². The summed E-state index contributed by atoms with van der Waals surface area (Å²) in [5, 5.41) is 3.53. The minimum Gasteiger partial charge on any atom is -0.326 e. The van der Waals surface area contributed by atoms with Crippen LogP contribution in [0.25, 0.3) is 0 Å². The fourth-order valence-corrected chi connectivity index (χ4v) is 2.65. The van der Waals surface area contributed by atoms with Gasteiger partial charge in [0.25, 0.3) is 0 Å². The van der Waals surface area contributed by atoms with Crippen molar-refractivity contribution in [2.75, 3.05) is 6.54 Å². The molecule has 1 saturated heterocycles. The van der Waals surface area contributed by atoms with Crippen molar-refractivity contribution in [3.05, 3.63) is 0 Å². The SMILES string of the molecule is CCCC1NC(C)(CC)C(=O)N1CCCC(C)C. The van der Waals surface area contributed by atoms with Crippen molar-refractivity contribution in [3.8, 4) is 0 Å². The second kappa shape index (κ2) is 6.55. The topological polar surface area (TPSA) is 32.3 Å². The summed E-state index contributed by atoms with van der Waals surface area (Å²) in [6.45, 7) is 11.7. The number of rotatable bonds is 7. The molecule has 1 aliphatic rings. The summed E-state index contributed by atoms with van der Waals surface area (Å²) in [4.78, 5) is 14.6. The van der Waals surface area contributed by atoms with Crippen molar-refractivity contribution in [2.24, 2.45) is 5.92 Å². The summed E-state index contributed by atoms with van der Waals surface area (Å²) >= 11 is 0. The third kappa shape index (κ3) is 3.47. The molecule has 0 aromatic carbocycles. The molecule has 0 saturated carbocycles. The number of carbonyl (C=O) groups excluding carboxylic acids is 1. The normalized spacial score (nSPS) is 28.4. The van der Waals surface area contributed by atoms with Gasteiger partial charge in [-0.2, -0.15) is 0 Å². The molecule has 18 heavy (non-hydrogen) atoms. The molecule has 2 unspecified atom stereocenters. The molecule has 0 aromatic rings. The number of hydrogen-bond donors (Lipinski definition) is 1. The molecule has 106 valence electrons. The second-order valence-corrected chi connectivity index (χ2v) is 6.17. The molecule has 0 spiro atoms. The minimum absolute atomic E-state index is 0.250. The molecule has 3 nitrogen and oxygen atoms in total. The lowest BCUT2D eigenvalue weighted by Crippen LogP contribution is -2.43. The van der Waals surface area contributed by atoms with E-state index in [9.17, 15) is 4.79 Å². The van der Waals surface area contributed by atoms with E-state index in [4.69, 9.17) is 0 Å². The number of hydrogen-bond acceptors (Lipinski definition) is 2. The van der Waals surface area contributed by atoms with Gasteiger partial charge in [0.1, 0.15) is 0 Å². The summed E-state index contributed by atoms with van der Waals surface area (Å²) in [6.07, 6.45) is 5.61. The monoisotopic (exact) mass is 254 g/mol. The Morgan fingerprint density at radius 3 is 2.56 bits per heavy atom. The van der Waals surface area contributed by atoms with Gasteiger partial charge in [-0.15, -0.1) is 0 Å². The molecule has 1 aliphatic heterocycles. The van der Waals surface area contributed by atoms with Crippen LogP contribution in [-0.2, 0) is 4.79 Å². The highest BCUT2D eigenvalue weighted by molar-refractivity contribution is 5.88. The Kier molecular flexibility index (Phi) is 5.64. The fraction of sp³-hybridized carbons (Fsp3) is 0.933. The van der Waals surface area contributed by atoms with Crippen molar-refractivity contribution >= 4 is 5.91 Å². The van der Waals surface area contributed by atoms with Gasteiger partial charge in [0.2, 0.25) is 5.91 Å². The van der Waals surface area contributed by atoms with Crippen LogP contribution in [0.1, 0.15) is 66.7 Å². The maximum Gasteiger partial charge on any atom is 0.243 e. The zero-order valence-electron chi connectivity index (χ0n) is 12.8. The van der Waals surface area contributed by atoms with Gasteiger partial charge in [-0.25, -0.2) is 0 Å². The minimum atomic E-state index is -0.336. The van der Waals surface area contributed by atoms with Crippen molar-refractivity contribution in [3.63, 3.8) is 0 Å². The van der Waals surface area contributed by atoms with E-state index < -0.39 is 0 Å². The van der Waals surface area contributed by atoms with Crippen LogP contribution in [0.2, 0.25) is 0 Å². The third-order valence-corrected chi connectivity index (χ3v) is 4.04. The molecule has 0 radical (unpaired) electrons. The number of amides is 1. The number of nitrogens with zero attached hydrogens (tertiary/aromatic N) is 1. The summed E-state index contributed by atoms with van der Waals surface area (Å²) in [6, 6.07) is 0. The van der Waals surface area contributed by atoms with Crippen molar-refractivity contribution in [2.45, 2.75) is 78.4 Å². The molecule has 0 aromatic heterocycles. The molecule has 0 bridgehead atoms. The van der Waals surface area contributed by atoms with Crippen molar-refractivity contribution in [1.29, 1.82) is 0 Å². The summed E-state index contributed by atoms with van der Waals surface area (Å²) < 4.78 is 0. The largest absolute Gasteiger partial charge is 0.326 e. The van der Waals surface area contributed by atoms with Gasteiger partial charge in [-0.05, 0) is 38.5 Å².